The number of fused-ring (bicyclic) bond motifs is 1. The Labute approximate surface area is 272 Å². The molecule has 17 heteroatoms. The van der Waals surface area contributed by atoms with Crippen LogP contribution in [0.2, 0.25) is 0 Å². The second-order valence-electron chi connectivity index (χ2n) is 11.2. The van der Waals surface area contributed by atoms with Crippen LogP contribution in [0.25, 0.3) is 0 Å². The fraction of sp³-hybridized carbons (Fsp3) is 0.452. The summed E-state index contributed by atoms with van der Waals surface area (Å²) in [6.07, 6.45) is -7.65. The summed E-state index contributed by atoms with van der Waals surface area (Å²) in [5, 5.41) is 8.92. The van der Waals surface area contributed by atoms with E-state index >= 15 is 0 Å². The number of halogens is 6. The molecule has 260 valence electrons. The molecule has 2 aromatic heterocycles. The molecule has 1 N–H and O–H groups in total. The van der Waals surface area contributed by atoms with Gasteiger partial charge in [0.25, 0.3) is 0 Å². The summed E-state index contributed by atoms with van der Waals surface area (Å²) in [5.74, 6) is -0.929. The van der Waals surface area contributed by atoms with Gasteiger partial charge < -0.3 is 24.4 Å². The Morgan fingerprint density at radius 2 is 1.65 bits per heavy atom. The number of benzene rings is 1. The number of alkyl halides is 6. The third kappa shape index (κ3) is 8.36. The van der Waals surface area contributed by atoms with Crippen LogP contribution in [-0.2, 0) is 28.4 Å². The zero-order valence-corrected chi connectivity index (χ0v) is 26.5. The molecule has 0 saturated heterocycles. The van der Waals surface area contributed by atoms with Crippen LogP contribution in [0, 0.1) is 0 Å². The van der Waals surface area contributed by atoms with Gasteiger partial charge in [-0.3, -0.25) is 9.69 Å². The lowest BCUT2D eigenvalue weighted by atomic mass is 9.92. The van der Waals surface area contributed by atoms with Gasteiger partial charge in [0.1, 0.15) is 0 Å². The smallest absolute Gasteiger partial charge is 0.416 e. The molecule has 2 atom stereocenters. The number of rotatable bonds is 11. The van der Waals surface area contributed by atoms with E-state index in [1.165, 1.54) is 35.4 Å². The largest absolute Gasteiger partial charge is 0.481 e. The van der Waals surface area contributed by atoms with E-state index in [0.717, 1.165) is 0 Å². The highest BCUT2D eigenvalue weighted by Gasteiger charge is 2.42. The van der Waals surface area contributed by atoms with Crippen LogP contribution in [0.5, 0.6) is 5.88 Å². The molecule has 3 heterocycles. The number of carboxylic acids is 1. The van der Waals surface area contributed by atoms with Gasteiger partial charge in [-0.15, -0.1) is 0 Å². The van der Waals surface area contributed by atoms with Gasteiger partial charge in [-0.25, -0.2) is 19.7 Å². The fourth-order valence-electron chi connectivity index (χ4n) is 5.33. The maximum Gasteiger partial charge on any atom is 0.416 e. The number of anilines is 3. The summed E-state index contributed by atoms with van der Waals surface area (Å²) in [7, 11) is 4.84. The molecule has 48 heavy (non-hydrogen) atoms. The molecule has 0 bridgehead atoms. The number of pyridine rings is 1. The Hall–Kier alpha value is -4.83. The Bertz CT molecular complexity index is 1570. The van der Waals surface area contributed by atoms with E-state index in [1.54, 1.807) is 32.0 Å². The highest BCUT2D eigenvalue weighted by Crippen LogP contribution is 2.44. The summed E-state index contributed by atoms with van der Waals surface area (Å²) in [6, 6.07) is 2.95. The number of ether oxygens (including phenoxy) is 2. The summed E-state index contributed by atoms with van der Waals surface area (Å²) < 4.78 is 93.5. The van der Waals surface area contributed by atoms with Crippen LogP contribution in [0.3, 0.4) is 0 Å². The maximum absolute atomic E-state index is 13.8. The molecule has 4 rings (SSSR count). The SMILES string of the molecule is CC[C@@H]1C[C@H](N(Cc2cc(C(F)(F)F)cc(C(F)(F)F)c2)c2ncc(N(C)C)cn2)c2nc(OC)ccc2N1C(=O)OCCCC(=O)O. The second kappa shape index (κ2) is 14.5. The minimum absolute atomic E-state index is 0.00769. The molecule has 0 aliphatic carbocycles. The van der Waals surface area contributed by atoms with Crippen LogP contribution < -0.4 is 19.4 Å². The number of aromatic nitrogens is 3. The number of amides is 1. The molecule has 1 aromatic carbocycles. The summed E-state index contributed by atoms with van der Waals surface area (Å²) in [6.45, 7) is 1.13. The molecule has 0 fully saturated rings. The van der Waals surface area contributed by atoms with E-state index in [0.29, 0.717) is 24.2 Å². The first-order valence-corrected chi connectivity index (χ1v) is 14.8. The first kappa shape index (κ1) is 36.0. The minimum Gasteiger partial charge on any atom is -0.481 e. The first-order valence-electron chi connectivity index (χ1n) is 14.8. The van der Waals surface area contributed by atoms with Crippen molar-refractivity contribution < 1.29 is 50.5 Å². The maximum atomic E-state index is 13.8. The van der Waals surface area contributed by atoms with E-state index in [-0.39, 0.29) is 60.7 Å². The van der Waals surface area contributed by atoms with Gasteiger partial charge in [0.05, 0.1) is 60.3 Å². The lowest BCUT2D eigenvalue weighted by Gasteiger charge is -2.43. The number of carbonyl (C=O) groups excluding carboxylic acids is 1. The molecule has 1 aliphatic rings. The number of carboxylic acid groups (broad SMARTS) is 1. The summed E-state index contributed by atoms with van der Waals surface area (Å²) in [5.41, 5.74) is -2.19. The molecule has 1 aliphatic heterocycles. The number of hydrogen-bond donors (Lipinski definition) is 1. The van der Waals surface area contributed by atoms with Crippen molar-refractivity contribution in [3.8, 4) is 5.88 Å². The van der Waals surface area contributed by atoms with Crippen LogP contribution in [0.4, 0.5) is 48.5 Å². The third-order valence-corrected chi connectivity index (χ3v) is 7.72. The van der Waals surface area contributed by atoms with E-state index in [1.807, 2.05) is 0 Å². The van der Waals surface area contributed by atoms with Crippen LogP contribution >= 0.6 is 0 Å². The average Bonchev–Trinajstić information content (AvgIpc) is 3.03. The minimum atomic E-state index is -5.06. The predicted octanol–water partition coefficient (Wildman–Crippen LogP) is 6.72. The van der Waals surface area contributed by atoms with Gasteiger partial charge in [-0.1, -0.05) is 6.92 Å². The highest BCUT2D eigenvalue weighted by molar-refractivity contribution is 5.90. The topological polar surface area (TPSA) is 121 Å². The Kier molecular flexibility index (Phi) is 10.9. The molecule has 0 radical (unpaired) electrons. The van der Waals surface area contributed by atoms with Crippen molar-refractivity contribution in [1.29, 1.82) is 0 Å². The molecule has 0 saturated carbocycles. The normalized spacial score (nSPS) is 16.2. The molecule has 11 nitrogen and oxygen atoms in total. The number of nitrogens with zero attached hydrogens (tertiary/aromatic N) is 6. The van der Waals surface area contributed by atoms with Gasteiger partial charge in [0.15, 0.2) is 0 Å². The van der Waals surface area contributed by atoms with Crippen molar-refractivity contribution in [3.05, 3.63) is 65.1 Å². The highest BCUT2D eigenvalue weighted by atomic mass is 19.4. The quantitative estimate of drug-likeness (QED) is 0.172. The Morgan fingerprint density at radius 1 is 1.02 bits per heavy atom. The Balaban J connectivity index is 1.86. The van der Waals surface area contributed by atoms with Crippen molar-refractivity contribution in [2.75, 3.05) is 42.5 Å². The molecular weight excluding hydrogens is 650 g/mol. The fourth-order valence-corrected chi connectivity index (χ4v) is 5.33. The molecular formula is C31H34F6N6O5. The molecule has 1 amide bonds. The van der Waals surface area contributed by atoms with Gasteiger partial charge in [0, 0.05) is 39.2 Å². The van der Waals surface area contributed by atoms with Crippen molar-refractivity contribution in [2.45, 2.75) is 63.6 Å². The van der Waals surface area contributed by atoms with Crippen LogP contribution in [0.15, 0.2) is 42.7 Å². The number of methoxy groups -OCH3 is 1. The van der Waals surface area contributed by atoms with E-state index < -0.39 is 54.2 Å². The van der Waals surface area contributed by atoms with Gasteiger partial charge in [-0.2, -0.15) is 26.3 Å². The molecule has 3 aromatic rings. The third-order valence-electron chi connectivity index (χ3n) is 7.72. The van der Waals surface area contributed by atoms with Crippen molar-refractivity contribution in [3.63, 3.8) is 0 Å². The van der Waals surface area contributed by atoms with Gasteiger partial charge in [0.2, 0.25) is 11.8 Å². The number of aliphatic carboxylic acids is 1. The molecule has 0 spiro atoms. The lowest BCUT2D eigenvalue weighted by Crippen LogP contribution is -2.48. The second-order valence-corrected chi connectivity index (χ2v) is 11.2. The number of carbonyl (C=O) groups is 2. The van der Waals surface area contributed by atoms with Gasteiger partial charge in [-0.05, 0) is 49.1 Å². The van der Waals surface area contributed by atoms with Crippen molar-refractivity contribution in [1.82, 2.24) is 15.0 Å². The Morgan fingerprint density at radius 3 is 2.17 bits per heavy atom. The predicted molar refractivity (Wildman–Crippen MR) is 162 cm³/mol. The number of hydrogen-bond acceptors (Lipinski definition) is 9. The van der Waals surface area contributed by atoms with E-state index in [9.17, 15) is 35.9 Å². The monoisotopic (exact) mass is 684 g/mol. The van der Waals surface area contributed by atoms with Crippen LogP contribution in [0.1, 0.15) is 61.0 Å². The first-order chi connectivity index (χ1) is 22.5. The van der Waals surface area contributed by atoms with E-state index in [2.05, 4.69) is 15.0 Å². The van der Waals surface area contributed by atoms with E-state index in [4.69, 9.17) is 14.6 Å². The summed E-state index contributed by atoms with van der Waals surface area (Å²) >= 11 is 0. The van der Waals surface area contributed by atoms with Crippen molar-refractivity contribution >= 4 is 29.4 Å². The summed E-state index contributed by atoms with van der Waals surface area (Å²) in [4.78, 5) is 42.2. The zero-order valence-electron chi connectivity index (χ0n) is 26.5. The standard InChI is InChI=1S/C31H34F6N6O5/c1-5-21-14-24(27-23(8-9-25(40-27)47-4)43(21)29(46)48-10-6-7-26(44)45)42(28-38-15-22(16-39-28)41(2)3)17-18-11-19(30(32,33)34)13-20(12-18)31(35,36)37/h8-9,11-13,15-16,21,24H,5-7,10,14,17H2,1-4H3,(H,44,45)/t21-,24+/m1/s1. The molecule has 0 unspecified atom stereocenters. The van der Waals surface area contributed by atoms with Crippen molar-refractivity contribution in [2.24, 2.45) is 0 Å². The van der Waals surface area contributed by atoms with Crippen LogP contribution in [-0.4, -0.2) is 66.0 Å². The lowest BCUT2D eigenvalue weighted by molar-refractivity contribution is -0.143. The zero-order chi connectivity index (χ0) is 35.4. The average molecular weight is 685 g/mol. The van der Waals surface area contributed by atoms with Gasteiger partial charge >= 0.3 is 24.4 Å².